The first kappa shape index (κ1) is 27.4. The first-order chi connectivity index (χ1) is 18.1. The summed E-state index contributed by atoms with van der Waals surface area (Å²) in [6.07, 6.45) is -0.607. The number of benzene rings is 1. The quantitative estimate of drug-likeness (QED) is 0.224. The molecule has 0 spiro atoms. The Bertz CT molecular complexity index is 1390. The Morgan fingerprint density at radius 3 is 2.79 bits per heavy atom. The number of methoxy groups -OCH3 is 1. The number of hydrogen-bond donors (Lipinski definition) is 3. The van der Waals surface area contributed by atoms with Crippen LogP contribution in [0, 0.1) is 11.8 Å². The molecule has 0 aliphatic carbocycles. The molecule has 13 heteroatoms. The summed E-state index contributed by atoms with van der Waals surface area (Å²) in [7, 11) is 3.22. The highest BCUT2D eigenvalue weighted by Crippen LogP contribution is 2.41. The molecule has 38 heavy (non-hydrogen) atoms. The Balaban J connectivity index is 1.60. The van der Waals surface area contributed by atoms with Crippen LogP contribution in [0.4, 0.5) is 29.1 Å². The fraction of sp³-hybridized carbons (Fsp3) is 0.360. The van der Waals surface area contributed by atoms with Crippen molar-refractivity contribution < 1.29 is 32.2 Å². The van der Waals surface area contributed by atoms with E-state index in [1.807, 2.05) is 11.9 Å². The van der Waals surface area contributed by atoms with Gasteiger partial charge in [-0.25, -0.2) is 13.7 Å². The van der Waals surface area contributed by atoms with Crippen molar-refractivity contribution in [3.8, 4) is 17.6 Å². The maximum Gasteiger partial charge on any atom is 0.446 e. The normalized spacial score (nSPS) is 18.1. The van der Waals surface area contributed by atoms with Crippen LogP contribution >= 0.6 is 11.8 Å². The van der Waals surface area contributed by atoms with Crippen LogP contribution in [0.1, 0.15) is 22.5 Å². The van der Waals surface area contributed by atoms with E-state index in [0.717, 1.165) is 0 Å². The number of anilines is 2. The molecule has 2 aromatic heterocycles. The van der Waals surface area contributed by atoms with E-state index in [1.165, 1.54) is 35.9 Å². The minimum absolute atomic E-state index is 0.0248. The van der Waals surface area contributed by atoms with Gasteiger partial charge in [0.2, 0.25) is 0 Å². The van der Waals surface area contributed by atoms with Gasteiger partial charge in [-0.2, -0.15) is 18.3 Å². The number of thioether (sulfide) groups is 1. The average Bonchev–Trinajstić information content (AvgIpc) is 3.20. The number of likely N-dealkylation sites (tertiary alicyclic amines) is 1. The standard InChI is InChI=1S/C25H25F4N5O3S/c1-33-12-10-17(16(26)14-33)31-22-7-3-6-20-23(38-25(27,28)29)19(32-34(20)22)5-4-11-30-18-9-8-15(24(35)36)13-21(18)37-2/h3,6-9,13,16-17,30-31H,10-12,14H2,1-2H3,(H,35,36)/t16-,17+/m0/s1. The molecule has 8 nitrogen and oxygen atoms in total. The number of aromatic carboxylic acids is 1. The van der Waals surface area contributed by atoms with E-state index in [-0.39, 0.29) is 52.3 Å². The lowest BCUT2D eigenvalue weighted by molar-refractivity contribution is -0.0327. The van der Waals surface area contributed by atoms with Gasteiger partial charge in [-0.05, 0) is 61.5 Å². The van der Waals surface area contributed by atoms with Gasteiger partial charge in [0.15, 0.2) is 0 Å². The average molecular weight is 552 g/mol. The number of hydrogen-bond acceptors (Lipinski definition) is 7. The molecule has 1 aliphatic rings. The summed E-state index contributed by atoms with van der Waals surface area (Å²) in [5.74, 6) is 5.01. The Labute approximate surface area is 220 Å². The maximum absolute atomic E-state index is 14.6. The highest BCUT2D eigenvalue weighted by atomic mass is 32.2. The third-order valence-electron chi connectivity index (χ3n) is 5.93. The number of nitrogens with one attached hydrogen (secondary N) is 2. The van der Waals surface area contributed by atoms with Crippen molar-refractivity contribution in [3.05, 3.63) is 47.7 Å². The number of halogens is 4. The summed E-state index contributed by atoms with van der Waals surface area (Å²) in [5, 5.41) is 19.5. The number of rotatable bonds is 7. The van der Waals surface area contributed by atoms with Gasteiger partial charge < -0.3 is 25.4 Å². The molecular weight excluding hydrogens is 526 g/mol. The smallest absolute Gasteiger partial charge is 0.446 e. The van der Waals surface area contributed by atoms with Gasteiger partial charge >= 0.3 is 11.5 Å². The predicted octanol–water partition coefficient (Wildman–Crippen LogP) is 4.57. The van der Waals surface area contributed by atoms with Gasteiger partial charge in [-0.3, -0.25) is 0 Å². The zero-order valence-electron chi connectivity index (χ0n) is 20.5. The van der Waals surface area contributed by atoms with Crippen LogP contribution in [-0.4, -0.2) is 77.1 Å². The molecule has 3 heterocycles. The summed E-state index contributed by atoms with van der Waals surface area (Å²) < 4.78 is 61.4. The molecule has 0 radical (unpaired) electrons. The van der Waals surface area contributed by atoms with Crippen LogP contribution in [0.15, 0.2) is 41.3 Å². The van der Waals surface area contributed by atoms with Crippen molar-refractivity contribution >= 4 is 34.8 Å². The molecule has 1 aliphatic heterocycles. The second kappa shape index (κ2) is 11.4. The molecule has 0 bridgehead atoms. The second-order valence-electron chi connectivity index (χ2n) is 8.63. The van der Waals surface area contributed by atoms with E-state index in [9.17, 15) is 22.4 Å². The third-order valence-corrected chi connectivity index (χ3v) is 6.77. The number of alkyl halides is 4. The first-order valence-electron chi connectivity index (χ1n) is 11.6. The minimum atomic E-state index is -4.57. The van der Waals surface area contributed by atoms with Gasteiger partial charge in [0.05, 0.1) is 41.4 Å². The highest BCUT2D eigenvalue weighted by molar-refractivity contribution is 8.00. The lowest BCUT2D eigenvalue weighted by Gasteiger charge is -2.33. The highest BCUT2D eigenvalue weighted by Gasteiger charge is 2.33. The Morgan fingerprint density at radius 2 is 2.11 bits per heavy atom. The summed E-state index contributed by atoms with van der Waals surface area (Å²) in [5.41, 5.74) is -3.93. The minimum Gasteiger partial charge on any atom is -0.495 e. The van der Waals surface area contributed by atoms with Gasteiger partial charge in [0, 0.05) is 13.1 Å². The van der Waals surface area contributed by atoms with Crippen molar-refractivity contribution in [1.82, 2.24) is 14.5 Å². The van der Waals surface area contributed by atoms with Crippen molar-refractivity contribution in [3.63, 3.8) is 0 Å². The Hall–Kier alpha value is -3.63. The van der Waals surface area contributed by atoms with Gasteiger partial charge in [0.1, 0.15) is 23.4 Å². The molecule has 0 unspecified atom stereocenters. The van der Waals surface area contributed by atoms with E-state index in [4.69, 9.17) is 9.84 Å². The maximum atomic E-state index is 14.6. The summed E-state index contributed by atoms with van der Waals surface area (Å²) >= 11 is -0.306. The molecule has 1 fully saturated rings. The van der Waals surface area contributed by atoms with Crippen molar-refractivity contribution in [2.45, 2.75) is 29.0 Å². The fourth-order valence-corrected chi connectivity index (χ4v) is 4.78. The van der Waals surface area contributed by atoms with Crippen LogP contribution in [0.5, 0.6) is 5.75 Å². The van der Waals surface area contributed by atoms with E-state index in [2.05, 4.69) is 27.6 Å². The van der Waals surface area contributed by atoms with Gasteiger partial charge in [-0.15, -0.1) is 0 Å². The topological polar surface area (TPSA) is 91.1 Å². The number of ether oxygens (including phenoxy) is 1. The lowest BCUT2D eigenvalue weighted by atomic mass is 10.0. The molecule has 1 saturated heterocycles. The molecular formula is C25H25F4N5O3S. The zero-order valence-corrected chi connectivity index (χ0v) is 21.3. The monoisotopic (exact) mass is 551 g/mol. The van der Waals surface area contributed by atoms with E-state index in [1.54, 1.807) is 12.1 Å². The zero-order chi connectivity index (χ0) is 27.4. The fourth-order valence-electron chi connectivity index (χ4n) is 4.10. The Kier molecular flexibility index (Phi) is 8.23. The number of carbonyl (C=O) groups is 1. The van der Waals surface area contributed by atoms with Crippen LogP contribution in [0.2, 0.25) is 0 Å². The predicted molar refractivity (Wildman–Crippen MR) is 137 cm³/mol. The SMILES string of the molecule is COc1cc(C(=O)O)ccc1NCC#Cc1nn2c(N[C@@H]3CCN(C)C[C@@H]3F)cccc2c1SC(F)(F)F. The molecule has 4 rings (SSSR count). The number of carboxylic acid groups (broad SMARTS) is 1. The van der Waals surface area contributed by atoms with Crippen molar-refractivity contribution in [1.29, 1.82) is 0 Å². The van der Waals surface area contributed by atoms with Crippen LogP contribution in [0.25, 0.3) is 5.52 Å². The third kappa shape index (κ3) is 6.43. The van der Waals surface area contributed by atoms with Crippen molar-refractivity contribution in [2.24, 2.45) is 0 Å². The number of fused-ring (bicyclic) bond motifs is 1. The summed E-state index contributed by atoms with van der Waals surface area (Å²) in [4.78, 5) is 12.9. The molecule has 0 amide bonds. The number of carboxylic acids is 1. The van der Waals surface area contributed by atoms with Crippen LogP contribution < -0.4 is 15.4 Å². The molecule has 0 saturated carbocycles. The van der Waals surface area contributed by atoms with Crippen LogP contribution in [-0.2, 0) is 0 Å². The number of pyridine rings is 1. The number of nitrogens with zero attached hydrogens (tertiary/aromatic N) is 3. The van der Waals surface area contributed by atoms with E-state index in [0.29, 0.717) is 24.5 Å². The largest absolute Gasteiger partial charge is 0.495 e. The molecule has 202 valence electrons. The van der Waals surface area contributed by atoms with Gasteiger partial charge in [0.25, 0.3) is 0 Å². The summed E-state index contributed by atoms with van der Waals surface area (Å²) in [6, 6.07) is 8.49. The van der Waals surface area contributed by atoms with Crippen molar-refractivity contribution in [2.75, 3.05) is 44.4 Å². The van der Waals surface area contributed by atoms with E-state index >= 15 is 0 Å². The Morgan fingerprint density at radius 1 is 1.32 bits per heavy atom. The molecule has 2 atom stereocenters. The molecule has 3 N–H and O–H groups in total. The van der Waals surface area contributed by atoms with E-state index < -0.39 is 23.7 Å². The summed E-state index contributed by atoms with van der Waals surface area (Å²) in [6.45, 7) is 0.975. The number of piperidine rings is 1. The van der Waals surface area contributed by atoms with Gasteiger partial charge in [-0.1, -0.05) is 12.0 Å². The number of aromatic nitrogens is 2. The second-order valence-corrected chi connectivity index (χ2v) is 9.70. The molecule has 1 aromatic carbocycles. The first-order valence-corrected chi connectivity index (χ1v) is 12.4. The lowest BCUT2D eigenvalue weighted by Crippen LogP contribution is -2.46. The molecule has 3 aromatic rings. The van der Waals surface area contributed by atoms with Crippen LogP contribution in [0.3, 0.4) is 0 Å².